The predicted octanol–water partition coefficient (Wildman–Crippen LogP) is 2.41. The molecule has 2 N–H and O–H groups in total. The summed E-state index contributed by atoms with van der Waals surface area (Å²) in [6, 6.07) is 9.59. The number of ether oxygens (including phenoxy) is 1. The maximum absolute atomic E-state index is 12.4. The Morgan fingerprint density at radius 2 is 1.78 bits per heavy atom. The van der Waals surface area contributed by atoms with Crippen LogP contribution in [-0.2, 0) is 20.7 Å². The van der Waals surface area contributed by atoms with E-state index >= 15 is 0 Å². The van der Waals surface area contributed by atoms with Crippen LogP contribution in [-0.4, -0.2) is 33.4 Å². The predicted molar refractivity (Wildman–Crippen MR) is 84.8 cm³/mol. The van der Waals surface area contributed by atoms with Crippen LogP contribution in [0.15, 0.2) is 30.3 Å². The van der Waals surface area contributed by atoms with E-state index in [-0.39, 0.29) is 5.92 Å². The molecule has 5 heteroatoms. The Morgan fingerprint density at radius 1 is 1.22 bits per heavy atom. The zero-order valence-electron chi connectivity index (χ0n) is 13.8. The molecule has 1 aromatic carbocycles. The number of carboxylic acid groups (broad SMARTS) is 1. The summed E-state index contributed by atoms with van der Waals surface area (Å²) in [6.45, 7) is 5.09. The molecule has 1 fully saturated rings. The highest BCUT2D eigenvalue weighted by molar-refractivity contribution is 6.03. The normalized spacial score (nSPS) is 19.7. The van der Waals surface area contributed by atoms with E-state index in [0.717, 1.165) is 5.56 Å². The summed E-state index contributed by atoms with van der Waals surface area (Å²) in [4.78, 5) is 24.0. The highest BCUT2D eigenvalue weighted by Gasteiger charge is 2.56. The van der Waals surface area contributed by atoms with Crippen molar-refractivity contribution in [2.75, 3.05) is 0 Å². The minimum Gasteiger partial charge on any atom is -0.479 e. The van der Waals surface area contributed by atoms with Crippen LogP contribution in [0.3, 0.4) is 0 Å². The molecule has 1 aromatic rings. The molecule has 23 heavy (non-hydrogen) atoms. The molecule has 0 aromatic heterocycles. The third kappa shape index (κ3) is 3.55. The largest absolute Gasteiger partial charge is 0.479 e. The lowest BCUT2D eigenvalue weighted by molar-refractivity contribution is -0.193. The minimum absolute atomic E-state index is 0.173. The van der Waals surface area contributed by atoms with Gasteiger partial charge in [0.05, 0.1) is 0 Å². The van der Waals surface area contributed by atoms with Gasteiger partial charge in [0.2, 0.25) is 0 Å². The van der Waals surface area contributed by atoms with Crippen molar-refractivity contribution < 1.29 is 24.5 Å². The second kappa shape index (κ2) is 6.32. The van der Waals surface area contributed by atoms with Gasteiger partial charge in [0.1, 0.15) is 5.60 Å². The summed E-state index contributed by atoms with van der Waals surface area (Å²) in [5.74, 6) is -3.54. The standard InChI is InChI=1S/C18H24O5/c1-12(2)13(3)18(22,15(19)20)16(21)23-17(9-10-17)11-14-7-5-4-6-8-14/h4-8,12-13,22H,9-11H2,1-3H3,(H,19,20)/t13?,18-/m0/s1. The summed E-state index contributed by atoms with van der Waals surface area (Å²) >= 11 is 0. The summed E-state index contributed by atoms with van der Waals surface area (Å²) < 4.78 is 5.48. The third-order valence-electron chi connectivity index (χ3n) is 4.78. The van der Waals surface area contributed by atoms with Crippen LogP contribution in [0.5, 0.6) is 0 Å². The number of hydrogen-bond donors (Lipinski definition) is 2. The van der Waals surface area contributed by atoms with Crippen LogP contribution in [0.25, 0.3) is 0 Å². The second-order valence-corrected chi connectivity index (χ2v) is 6.84. The van der Waals surface area contributed by atoms with E-state index < -0.39 is 29.1 Å². The topological polar surface area (TPSA) is 83.8 Å². The molecular weight excluding hydrogens is 296 g/mol. The van der Waals surface area contributed by atoms with E-state index in [1.165, 1.54) is 0 Å². The van der Waals surface area contributed by atoms with Crippen LogP contribution < -0.4 is 0 Å². The van der Waals surface area contributed by atoms with E-state index in [2.05, 4.69) is 0 Å². The lowest BCUT2D eigenvalue weighted by atomic mass is 9.81. The zero-order chi connectivity index (χ0) is 17.3. The molecule has 0 spiro atoms. The van der Waals surface area contributed by atoms with Gasteiger partial charge in [-0.15, -0.1) is 0 Å². The second-order valence-electron chi connectivity index (χ2n) is 6.84. The van der Waals surface area contributed by atoms with Crippen LogP contribution in [0.2, 0.25) is 0 Å². The van der Waals surface area contributed by atoms with Crippen molar-refractivity contribution in [3.05, 3.63) is 35.9 Å². The molecule has 0 aliphatic heterocycles. The first-order valence-electron chi connectivity index (χ1n) is 7.94. The molecule has 2 atom stereocenters. The first-order valence-corrected chi connectivity index (χ1v) is 7.94. The van der Waals surface area contributed by atoms with E-state index in [4.69, 9.17) is 4.74 Å². The van der Waals surface area contributed by atoms with Crippen molar-refractivity contribution in [2.45, 2.75) is 51.2 Å². The van der Waals surface area contributed by atoms with Gasteiger partial charge in [0.25, 0.3) is 5.60 Å². The number of benzene rings is 1. The van der Waals surface area contributed by atoms with Gasteiger partial charge in [-0.05, 0) is 24.3 Å². The molecule has 1 aliphatic rings. The molecule has 0 radical (unpaired) electrons. The molecule has 1 saturated carbocycles. The first-order chi connectivity index (χ1) is 10.7. The van der Waals surface area contributed by atoms with Gasteiger partial charge in [-0.1, -0.05) is 51.1 Å². The summed E-state index contributed by atoms with van der Waals surface area (Å²) in [5.41, 5.74) is -2.17. The lowest BCUT2D eigenvalue weighted by Crippen LogP contribution is -2.55. The van der Waals surface area contributed by atoms with Crippen molar-refractivity contribution in [3.63, 3.8) is 0 Å². The SMILES string of the molecule is CC(C)C(C)[C@](O)(C(=O)O)C(=O)OC1(Cc2ccccc2)CC1. The molecule has 5 nitrogen and oxygen atoms in total. The van der Waals surface area contributed by atoms with Crippen molar-refractivity contribution in [1.29, 1.82) is 0 Å². The van der Waals surface area contributed by atoms with E-state index in [0.29, 0.717) is 19.3 Å². The van der Waals surface area contributed by atoms with Gasteiger partial charge in [-0.2, -0.15) is 0 Å². The summed E-state index contributed by atoms with van der Waals surface area (Å²) in [7, 11) is 0. The Kier molecular flexibility index (Phi) is 4.80. The summed E-state index contributed by atoms with van der Waals surface area (Å²) in [6.07, 6.45) is 1.89. The number of carbonyl (C=O) groups is 2. The number of hydrogen-bond acceptors (Lipinski definition) is 4. The molecule has 0 heterocycles. The van der Waals surface area contributed by atoms with Crippen LogP contribution in [0, 0.1) is 11.8 Å². The van der Waals surface area contributed by atoms with E-state index in [1.807, 2.05) is 30.3 Å². The van der Waals surface area contributed by atoms with Crippen LogP contribution >= 0.6 is 0 Å². The Bertz CT molecular complexity index is 576. The monoisotopic (exact) mass is 320 g/mol. The molecule has 1 aliphatic carbocycles. The number of rotatable bonds is 7. The third-order valence-corrected chi connectivity index (χ3v) is 4.78. The fourth-order valence-corrected chi connectivity index (χ4v) is 2.65. The summed E-state index contributed by atoms with van der Waals surface area (Å²) in [5, 5.41) is 19.9. The van der Waals surface area contributed by atoms with Gasteiger partial charge in [0.15, 0.2) is 0 Å². The molecular formula is C18H24O5. The average Bonchev–Trinajstić information content (AvgIpc) is 3.25. The average molecular weight is 320 g/mol. The van der Waals surface area contributed by atoms with Gasteiger partial charge < -0.3 is 14.9 Å². The molecule has 1 unspecified atom stereocenters. The van der Waals surface area contributed by atoms with Crippen LogP contribution in [0.4, 0.5) is 0 Å². The van der Waals surface area contributed by atoms with Crippen molar-refractivity contribution >= 4 is 11.9 Å². The van der Waals surface area contributed by atoms with Crippen LogP contribution in [0.1, 0.15) is 39.2 Å². The van der Waals surface area contributed by atoms with Gasteiger partial charge in [0, 0.05) is 12.3 Å². The molecule has 0 saturated heterocycles. The minimum atomic E-state index is -2.51. The Balaban J connectivity index is 2.14. The highest BCUT2D eigenvalue weighted by Crippen LogP contribution is 2.44. The van der Waals surface area contributed by atoms with Crippen molar-refractivity contribution in [1.82, 2.24) is 0 Å². The molecule has 126 valence electrons. The Hall–Kier alpha value is -1.88. The first kappa shape index (κ1) is 17.5. The number of aliphatic hydroxyl groups is 1. The smallest absolute Gasteiger partial charge is 0.350 e. The lowest BCUT2D eigenvalue weighted by Gasteiger charge is -2.32. The Labute approximate surface area is 136 Å². The fourth-order valence-electron chi connectivity index (χ4n) is 2.65. The Morgan fingerprint density at radius 3 is 2.22 bits per heavy atom. The quantitative estimate of drug-likeness (QED) is 0.595. The zero-order valence-corrected chi connectivity index (χ0v) is 13.8. The van der Waals surface area contributed by atoms with Gasteiger partial charge in [-0.25, -0.2) is 9.59 Å². The number of aliphatic carboxylic acids is 1. The van der Waals surface area contributed by atoms with E-state index in [1.54, 1.807) is 20.8 Å². The molecule has 0 amide bonds. The fraction of sp³-hybridized carbons (Fsp3) is 0.556. The van der Waals surface area contributed by atoms with Gasteiger partial charge in [-0.3, -0.25) is 0 Å². The maximum atomic E-state index is 12.4. The number of esters is 1. The molecule has 2 rings (SSSR count). The number of carbonyl (C=O) groups excluding carboxylic acids is 1. The highest BCUT2D eigenvalue weighted by atomic mass is 16.6. The van der Waals surface area contributed by atoms with Crippen molar-refractivity contribution in [3.8, 4) is 0 Å². The maximum Gasteiger partial charge on any atom is 0.350 e. The van der Waals surface area contributed by atoms with Gasteiger partial charge >= 0.3 is 11.9 Å². The number of carboxylic acids is 1. The van der Waals surface area contributed by atoms with E-state index in [9.17, 15) is 19.8 Å². The molecule has 0 bridgehead atoms. The van der Waals surface area contributed by atoms with Crippen molar-refractivity contribution in [2.24, 2.45) is 11.8 Å².